The molecule has 0 aromatic heterocycles. The van der Waals surface area contributed by atoms with Crippen molar-refractivity contribution in [1.29, 1.82) is 0 Å². The summed E-state index contributed by atoms with van der Waals surface area (Å²) in [5.74, 6) is 2.73. The van der Waals surface area contributed by atoms with Gasteiger partial charge in [0.1, 0.15) is 18.1 Å². The summed E-state index contributed by atoms with van der Waals surface area (Å²) in [7, 11) is 4.87. The van der Waals surface area contributed by atoms with Gasteiger partial charge in [-0.25, -0.2) is 0 Å². The van der Waals surface area contributed by atoms with Gasteiger partial charge >= 0.3 is 0 Å². The average molecular weight is 434 g/mol. The van der Waals surface area contributed by atoms with E-state index in [4.69, 9.17) is 18.9 Å². The summed E-state index contributed by atoms with van der Waals surface area (Å²) in [6.45, 7) is 1.55. The summed E-state index contributed by atoms with van der Waals surface area (Å²) in [4.78, 5) is 15.0. The summed E-state index contributed by atoms with van der Waals surface area (Å²) in [5, 5.41) is 0. The van der Waals surface area contributed by atoms with Crippen molar-refractivity contribution in [3.05, 3.63) is 82.9 Å². The molecule has 0 fully saturated rings. The van der Waals surface area contributed by atoms with Crippen LogP contribution in [0.3, 0.4) is 0 Å². The average Bonchev–Trinajstić information content (AvgIpc) is 2.84. The van der Waals surface area contributed by atoms with Crippen LogP contribution in [-0.4, -0.2) is 38.7 Å². The molecule has 1 aliphatic heterocycles. The molecule has 0 radical (unpaired) electrons. The Morgan fingerprint density at radius 3 is 2.19 bits per heavy atom. The van der Waals surface area contributed by atoms with Crippen molar-refractivity contribution in [1.82, 2.24) is 4.90 Å². The van der Waals surface area contributed by atoms with Crippen molar-refractivity contribution >= 4 is 5.91 Å². The molecule has 0 unspecified atom stereocenters. The lowest BCUT2D eigenvalue weighted by molar-refractivity contribution is 0.0726. The highest BCUT2D eigenvalue weighted by Crippen LogP contribution is 2.34. The van der Waals surface area contributed by atoms with E-state index in [-0.39, 0.29) is 5.91 Å². The molecule has 1 aliphatic rings. The third-order valence-electron chi connectivity index (χ3n) is 5.59. The predicted molar refractivity (Wildman–Crippen MR) is 122 cm³/mol. The van der Waals surface area contributed by atoms with Gasteiger partial charge in [0, 0.05) is 18.7 Å². The van der Waals surface area contributed by atoms with Gasteiger partial charge < -0.3 is 23.8 Å². The first-order valence-corrected chi connectivity index (χ1v) is 10.5. The zero-order valence-electron chi connectivity index (χ0n) is 18.6. The van der Waals surface area contributed by atoms with Crippen LogP contribution in [-0.2, 0) is 19.6 Å². The molecular formula is C26H27NO5. The van der Waals surface area contributed by atoms with Gasteiger partial charge in [-0.15, -0.1) is 0 Å². The molecule has 0 atom stereocenters. The monoisotopic (exact) mass is 433 g/mol. The Morgan fingerprint density at radius 2 is 1.50 bits per heavy atom. The van der Waals surface area contributed by atoms with Gasteiger partial charge in [-0.2, -0.15) is 0 Å². The van der Waals surface area contributed by atoms with Crippen LogP contribution in [0.2, 0.25) is 0 Å². The number of hydrogen-bond acceptors (Lipinski definition) is 5. The standard InChI is InChI=1S/C26H27NO5/c1-29-21-8-4-6-18(12-21)16-27-11-10-20-14-25(24(31-3)15-23(20)26(27)28)32-17-19-7-5-9-22(13-19)30-2/h4-9,12-15H,10-11,16-17H2,1-3H3. The van der Waals surface area contributed by atoms with E-state index in [1.807, 2.05) is 59.5 Å². The summed E-state index contributed by atoms with van der Waals surface area (Å²) < 4.78 is 22.2. The van der Waals surface area contributed by atoms with Crippen molar-refractivity contribution in [3.63, 3.8) is 0 Å². The number of carbonyl (C=O) groups is 1. The van der Waals surface area contributed by atoms with Crippen LogP contribution in [0.25, 0.3) is 0 Å². The van der Waals surface area contributed by atoms with Crippen LogP contribution in [0.15, 0.2) is 60.7 Å². The van der Waals surface area contributed by atoms with Gasteiger partial charge in [0.05, 0.1) is 21.3 Å². The molecule has 6 nitrogen and oxygen atoms in total. The highest BCUT2D eigenvalue weighted by atomic mass is 16.5. The van der Waals surface area contributed by atoms with Crippen LogP contribution in [0.5, 0.6) is 23.0 Å². The lowest BCUT2D eigenvalue weighted by atomic mass is 9.97. The molecule has 0 saturated carbocycles. The Kier molecular flexibility index (Phi) is 6.50. The van der Waals surface area contributed by atoms with Crippen molar-refractivity contribution in [2.45, 2.75) is 19.6 Å². The molecule has 3 aromatic rings. The van der Waals surface area contributed by atoms with Gasteiger partial charge in [0.25, 0.3) is 5.91 Å². The quantitative estimate of drug-likeness (QED) is 0.524. The number of nitrogens with zero attached hydrogens (tertiary/aromatic N) is 1. The smallest absolute Gasteiger partial charge is 0.254 e. The van der Waals surface area contributed by atoms with E-state index in [1.54, 1.807) is 27.4 Å². The van der Waals surface area contributed by atoms with E-state index >= 15 is 0 Å². The Hall–Kier alpha value is -3.67. The number of fused-ring (bicyclic) bond motifs is 1. The fourth-order valence-electron chi connectivity index (χ4n) is 3.87. The Morgan fingerprint density at radius 1 is 0.812 bits per heavy atom. The maximum Gasteiger partial charge on any atom is 0.254 e. The van der Waals surface area contributed by atoms with Gasteiger partial charge in [-0.1, -0.05) is 24.3 Å². The van der Waals surface area contributed by atoms with Crippen molar-refractivity contribution in [2.75, 3.05) is 27.9 Å². The summed E-state index contributed by atoms with van der Waals surface area (Å²) in [6, 6.07) is 19.2. The Balaban J connectivity index is 1.52. The van der Waals surface area contributed by atoms with Crippen LogP contribution in [0, 0.1) is 0 Å². The molecule has 32 heavy (non-hydrogen) atoms. The second-order valence-corrected chi connectivity index (χ2v) is 7.63. The van der Waals surface area contributed by atoms with Crippen LogP contribution in [0.1, 0.15) is 27.0 Å². The minimum absolute atomic E-state index is 0.00767. The molecule has 1 amide bonds. The number of hydrogen-bond donors (Lipinski definition) is 0. The SMILES string of the molecule is COc1cccc(COc2cc3c(cc2OC)C(=O)N(Cc2cccc(OC)c2)CC3)c1. The van der Waals surface area contributed by atoms with Crippen molar-refractivity contribution in [2.24, 2.45) is 0 Å². The second kappa shape index (κ2) is 9.64. The fraction of sp³-hybridized carbons (Fsp3) is 0.269. The maximum atomic E-state index is 13.2. The molecule has 0 N–H and O–H groups in total. The van der Waals surface area contributed by atoms with E-state index in [0.717, 1.165) is 34.6 Å². The number of benzene rings is 3. The zero-order chi connectivity index (χ0) is 22.5. The highest BCUT2D eigenvalue weighted by Gasteiger charge is 2.26. The molecule has 3 aromatic carbocycles. The first kappa shape index (κ1) is 21.6. The third-order valence-corrected chi connectivity index (χ3v) is 5.59. The molecule has 1 heterocycles. The maximum absolute atomic E-state index is 13.2. The van der Waals surface area contributed by atoms with Crippen LogP contribution < -0.4 is 18.9 Å². The molecule has 4 rings (SSSR count). The summed E-state index contributed by atoms with van der Waals surface area (Å²) in [5.41, 5.74) is 3.65. The van der Waals surface area contributed by atoms with Gasteiger partial charge in [0.15, 0.2) is 11.5 Å². The topological polar surface area (TPSA) is 57.2 Å². The van der Waals surface area contributed by atoms with Crippen molar-refractivity contribution < 1.29 is 23.7 Å². The molecule has 166 valence electrons. The number of rotatable bonds is 8. The normalized spacial score (nSPS) is 12.8. The van der Waals surface area contributed by atoms with Crippen molar-refractivity contribution in [3.8, 4) is 23.0 Å². The third kappa shape index (κ3) is 4.64. The fourth-order valence-corrected chi connectivity index (χ4v) is 3.87. The Bertz CT molecular complexity index is 1110. The van der Waals surface area contributed by atoms with Crippen LogP contribution in [0.4, 0.5) is 0 Å². The summed E-state index contributed by atoms with van der Waals surface area (Å²) in [6.07, 6.45) is 0.755. The van der Waals surface area contributed by atoms with Gasteiger partial charge in [0.2, 0.25) is 0 Å². The molecular weight excluding hydrogens is 406 g/mol. The first-order valence-electron chi connectivity index (χ1n) is 10.5. The number of amides is 1. The largest absolute Gasteiger partial charge is 0.497 e. The molecule has 0 spiro atoms. The molecule has 6 heteroatoms. The van der Waals surface area contributed by atoms with E-state index in [1.165, 1.54) is 0 Å². The number of methoxy groups -OCH3 is 3. The van der Waals surface area contributed by atoms with E-state index < -0.39 is 0 Å². The van der Waals surface area contributed by atoms with Crippen LogP contribution >= 0.6 is 0 Å². The Labute approximate surface area is 188 Å². The molecule has 0 saturated heterocycles. The summed E-state index contributed by atoms with van der Waals surface area (Å²) >= 11 is 0. The second-order valence-electron chi connectivity index (χ2n) is 7.63. The zero-order valence-corrected chi connectivity index (χ0v) is 18.6. The lowest BCUT2D eigenvalue weighted by Gasteiger charge is -2.29. The number of carbonyl (C=O) groups excluding carboxylic acids is 1. The highest BCUT2D eigenvalue weighted by molar-refractivity contribution is 5.97. The molecule has 0 aliphatic carbocycles. The lowest BCUT2D eigenvalue weighted by Crippen LogP contribution is -2.37. The predicted octanol–water partition coefficient (Wildman–Crippen LogP) is 4.49. The molecule has 0 bridgehead atoms. The van der Waals surface area contributed by atoms with E-state index in [2.05, 4.69) is 0 Å². The van der Waals surface area contributed by atoms with Gasteiger partial charge in [-0.3, -0.25) is 4.79 Å². The van der Waals surface area contributed by atoms with E-state index in [0.29, 0.717) is 36.8 Å². The first-order chi connectivity index (χ1) is 15.6. The van der Waals surface area contributed by atoms with E-state index in [9.17, 15) is 4.79 Å². The van der Waals surface area contributed by atoms with Gasteiger partial charge in [-0.05, 0) is 59.5 Å². The minimum atomic E-state index is -0.00767. The minimum Gasteiger partial charge on any atom is -0.497 e. The number of ether oxygens (including phenoxy) is 4.